The molecular weight excluding hydrogens is 352 g/mol. The first-order valence-electron chi connectivity index (χ1n) is 4.75. The molecule has 0 radical (unpaired) electrons. The molecule has 1 aromatic carbocycles. The van der Waals surface area contributed by atoms with Gasteiger partial charge in [-0.2, -0.15) is 0 Å². The van der Waals surface area contributed by atoms with Crippen LogP contribution in [0.1, 0.15) is 10.7 Å². The zero-order valence-corrected chi connectivity index (χ0v) is 12.6. The van der Waals surface area contributed by atoms with Crippen molar-refractivity contribution in [3.05, 3.63) is 43.2 Å². The van der Waals surface area contributed by atoms with Crippen LogP contribution in [0.25, 0.3) is 0 Å². The van der Waals surface area contributed by atoms with Crippen LogP contribution in [0.5, 0.6) is 0 Å². The molecule has 0 aliphatic heterocycles. The predicted octanol–water partition coefficient (Wildman–Crippen LogP) is 4.59. The number of anilines is 1. The standard InChI is InChI=1S/C11H10Br2N2S/c1-7-6-16-11(15-7)5-14-10-3-2-8(12)4-9(10)13/h2-4,6,14H,5H2,1H3. The second-order valence-corrected chi connectivity index (χ2v) is 6.07. The lowest BCUT2D eigenvalue weighted by Crippen LogP contribution is -1.99. The van der Waals surface area contributed by atoms with Gasteiger partial charge >= 0.3 is 0 Å². The van der Waals surface area contributed by atoms with Crippen molar-refractivity contribution in [2.45, 2.75) is 13.5 Å². The highest BCUT2D eigenvalue weighted by molar-refractivity contribution is 9.11. The van der Waals surface area contributed by atoms with Gasteiger partial charge in [-0.3, -0.25) is 0 Å². The molecule has 0 fully saturated rings. The largest absolute Gasteiger partial charge is 0.378 e. The average Bonchev–Trinajstić information content (AvgIpc) is 2.63. The number of rotatable bonds is 3. The lowest BCUT2D eigenvalue weighted by molar-refractivity contribution is 1.07. The zero-order chi connectivity index (χ0) is 11.5. The van der Waals surface area contributed by atoms with E-state index in [0.717, 1.165) is 31.9 Å². The van der Waals surface area contributed by atoms with Gasteiger partial charge in [0.1, 0.15) is 5.01 Å². The molecule has 5 heteroatoms. The van der Waals surface area contributed by atoms with Crippen LogP contribution in [-0.2, 0) is 6.54 Å². The first kappa shape index (κ1) is 12.1. The van der Waals surface area contributed by atoms with E-state index in [0.29, 0.717) is 0 Å². The van der Waals surface area contributed by atoms with Crippen molar-refractivity contribution in [1.29, 1.82) is 0 Å². The molecule has 2 nitrogen and oxygen atoms in total. The van der Waals surface area contributed by atoms with Gasteiger partial charge < -0.3 is 5.32 Å². The number of hydrogen-bond acceptors (Lipinski definition) is 3. The van der Waals surface area contributed by atoms with Crippen LogP contribution in [0.3, 0.4) is 0 Å². The van der Waals surface area contributed by atoms with Crippen molar-refractivity contribution in [3.8, 4) is 0 Å². The van der Waals surface area contributed by atoms with Gasteiger partial charge in [0, 0.05) is 25.7 Å². The maximum Gasteiger partial charge on any atom is 0.112 e. The fourth-order valence-electron chi connectivity index (χ4n) is 1.29. The molecular formula is C11H10Br2N2S. The van der Waals surface area contributed by atoms with Gasteiger partial charge in [-0.05, 0) is 41.1 Å². The topological polar surface area (TPSA) is 24.9 Å². The molecule has 16 heavy (non-hydrogen) atoms. The number of aryl methyl sites for hydroxylation is 1. The average molecular weight is 362 g/mol. The van der Waals surface area contributed by atoms with E-state index in [1.807, 2.05) is 25.1 Å². The van der Waals surface area contributed by atoms with E-state index in [4.69, 9.17) is 0 Å². The Hall–Kier alpha value is -0.390. The van der Waals surface area contributed by atoms with Crippen LogP contribution in [-0.4, -0.2) is 4.98 Å². The van der Waals surface area contributed by atoms with E-state index in [2.05, 4.69) is 47.5 Å². The molecule has 0 aliphatic carbocycles. The van der Waals surface area contributed by atoms with Crippen molar-refractivity contribution < 1.29 is 0 Å². The number of aromatic nitrogens is 1. The molecule has 0 bridgehead atoms. The predicted molar refractivity (Wildman–Crippen MR) is 76.0 cm³/mol. The Bertz CT molecular complexity index is 496. The molecule has 1 heterocycles. The van der Waals surface area contributed by atoms with Crippen LogP contribution in [0.15, 0.2) is 32.5 Å². The normalized spacial score (nSPS) is 10.4. The van der Waals surface area contributed by atoms with Crippen molar-refractivity contribution in [2.24, 2.45) is 0 Å². The molecule has 0 atom stereocenters. The van der Waals surface area contributed by atoms with Gasteiger partial charge in [0.25, 0.3) is 0 Å². The van der Waals surface area contributed by atoms with Crippen LogP contribution in [0, 0.1) is 6.92 Å². The number of hydrogen-bond donors (Lipinski definition) is 1. The summed E-state index contributed by atoms with van der Waals surface area (Å²) in [6, 6.07) is 6.07. The van der Waals surface area contributed by atoms with Crippen LogP contribution < -0.4 is 5.32 Å². The molecule has 0 saturated heterocycles. The number of thiazole rings is 1. The summed E-state index contributed by atoms with van der Waals surface area (Å²) in [6.07, 6.45) is 0. The SMILES string of the molecule is Cc1csc(CNc2ccc(Br)cc2Br)n1. The zero-order valence-electron chi connectivity index (χ0n) is 8.63. The quantitative estimate of drug-likeness (QED) is 0.864. The highest BCUT2D eigenvalue weighted by Crippen LogP contribution is 2.26. The summed E-state index contributed by atoms with van der Waals surface area (Å²) in [4.78, 5) is 4.40. The molecule has 2 aromatic rings. The summed E-state index contributed by atoms with van der Waals surface area (Å²) < 4.78 is 2.12. The summed E-state index contributed by atoms with van der Waals surface area (Å²) in [6.45, 7) is 2.77. The van der Waals surface area contributed by atoms with Gasteiger partial charge in [0.15, 0.2) is 0 Å². The Balaban J connectivity index is 2.04. The highest BCUT2D eigenvalue weighted by atomic mass is 79.9. The van der Waals surface area contributed by atoms with E-state index in [9.17, 15) is 0 Å². The number of nitrogens with one attached hydrogen (secondary N) is 1. The second-order valence-electron chi connectivity index (χ2n) is 3.36. The van der Waals surface area contributed by atoms with E-state index in [1.54, 1.807) is 11.3 Å². The third-order valence-corrected chi connectivity index (χ3v) is 4.14. The minimum absolute atomic E-state index is 0.763. The Labute approximate surface area is 115 Å². The van der Waals surface area contributed by atoms with Crippen molar-refractivity contribution in [1.82, 2.24) is 4.98 Å². The summed E-state index contributed by atoms with van der Waals surface area (Å²) in [5.74, 6) is 0. The monoisotopic (exact) mass is 360 g/mol. The Morgan fingerprint density at radius 3 is 2.81 bits per heavy atom. The Kier molecular flexibility index (Phi) is 4.00. The minimum atomic E-state index is 0.763. The van der Waals surface area contributed by atoms with Crippen LogP contribution >= 0.6 is 43.2 Å². The second kappa shape index (κ2) is 5.29. The summed E-state index contributed by atoms with van der Waals surface area (Å²) in [7, 11) is 0. The van der Waals surface area contributed by atoms with Gasteiger partial charge in [-0.25, -0.2) is 4.98 Å². The first-order valence-corrected chi connectivity index (χ1v) is 7.21. The lowest BCUT2D eigenvalue weighted by atomic mass is 10.3. The van der Waals surface area contributed by atoms with Gasteiger partial charge in [-0.15, -0.1) is 11.3 Å². The van der Waals surface area contributed by atoms with Crippen molar-refractivity contribution in [3.63, 3.8) is 0 Å². The number of nitrogens with zero attached hydrogens (tertiary/aromatic N) is 1. The smallest absolute Gasteiger partial charge is 0.112 e. The van der Waals surface area contributed by atoms with Gasteiger partial charge in [0.2, 0.25) is 0 Å². The van der Waals surface area contributed by atoms with Gasteiger partial charge in [0.05, 0.1) is 6.54 Å². The molecule has 0 spiro atoms. The maximum atomic E-state index is 4.40. The Morgan fingerprint density at radius 2 is 2.19 bits per heavy atom. The van der Waals surface area contributed by atoms with Crippen molar-refractivity contribution in [2.75, 3.05) is 5.32 Å². The molecule has 1 aromatic heterocycles. The molecule has 1 N–H and O–H groups in total. The van der Waals surface area contributed by atoms with E-state index in [1.165, 1.54) is 0 Å². The summed E-state index contributed by atoms with van der Waals surface area (Å²) in [5, 5.41) is 6.52. The minimum Gasteiger partial charge on any atom is -0.378 e. The van der Waals surface area contributed by atoms with Crippen LogP contribution in [0.4, 0.5) is 5.69 Å². The lowest BCUT2D eigenvalue weighted by Gasteiger charge is -2.06. The number of benzene rings is 1. The fourth-order valence-corrected chi connectivity index (χ4v) is 3.19. The fraction of sp³-hybridized carbons (Fsp3) is 0.182. The molecule has 0 unspecified atom stereocenters. The third kappa shape index (κ3) is 3.06. The molecule has 84 valence electrons. The van der Waals surface area contributed by atoms with E-state index in [-0.39, 0.29) is 0 Å². The Morgan fingerprint density at radius 1 is 1.38 bits per heavy atom. The third-order valence-electron chi connectivity index (χ3n) is 2.03. The van der Waals surface area contributed by atoms with E-state index < -0.39 is 0 Å². The molecule has 0 amide bonds. The number of halogens is 2. The van der Waals surface area contributed by atoms with Gasteiger partial charge in [-0.1, -0.05) is 15.9 Å². The maximum absolute atomic E-state index is 4.40. The molecule has 2 rings (SSSR count). The molecule has 0 saturated carbocycles. The highest BCUT2D eigenvalue weighted by Gasteiger charge is 2.02. The van der Waals surface area contributed by atoms with Crippen molar-refractivity contribution >= 4 is 48.9 Å². The van der Waals surface area contributed by atoms with E-state index >= 15 is 0 Å². The first-order chi connectivity index (χ1) is 7.65. The summed E-state index contributed by atoms with van der Waals surface area (Å²) >= 11 is 8.62. The van der Waals surface area contributed by atoms with Crippen LogP contribution in [0.2, 0.25) is 0 Å². The molecule has 0 aliphatic rings. The summed E-state index contributed by atoms with van der Waals surface area (Å²) in [5.41, 5.74) is 2.16.